The number of carbonyl (C=O) groups is 2. The van der Waals surface area contributed by atoms with Gasteiger partial charge in [0, 0.05) is 78.2 Å². The number of pyridine rings is 1. The summed E-state index contributed by atoms with van der Waals surface area (Å²) in [6.45, 7) is 1.56. The number of para-hydroxylation sites is 2. The van der Waals surface area contributed by atoms with Gasteiger partial charge in [0.25, 0.3) is 11.8 Å². The molecule has 1 N–H and O–H groups in total. The van der Waals surface area contributed by atoms with Crippen molar-refractivity contribution < 1.29 is 9.59 Å². The van der Waals surface area contributed by atoms with Crippen LogP contribution in [-0.4, -0.2) is 40.0 Å². The average Bonchev–Trinajstić information content (AvgIpc) is 3.59. The van der Waals surface area contributed by atoms with Crippen molar-refractivity contribution >= 4 is 50.6 Å². The number of amides is 2. The van der Waals surface area contributed by atoms with Crippen molar-refractivity contribution in [1.82, 2.24) is 19.4 Å². The number of carbonyl (C=O) groups excluding carboxylic acids is 2. The molecule has 8 rings (SSSR count). The number of anilines is 1. The molecule has 200 valence electrons. The summed E-state index contributed by atoms with van der Waals surface area (Å²) in [6.07, 6.45) is 7.67. The summed E-state index contributed by atoms with van der Waals surface area (Å²) in [7, 11) is 4.11. The van der Waals surface area contributed by atoms with E-state index in [2.05, 4.69) is 63.9 Å². The molecule has 0 atom stereocenters. The highest BCUT2D eigenvalue weighted by atomic mass is 16.2. The number of nitrogens with one attached hydrogen (secondary N) is 1. The van der Waals surface area contributed by atoms with Crippen LogP contribution in [0.3, 0.4) is 0 Å². The number of aromatic nitrogens is 3. The van der Waals surface area contributed by atoms with E-state index in [4.69, 9.17) is 4.98 Å². The van der Waals surface area contributed by atoms with Gasteiger partial charge < -0.3 is 14.0 Å². The van der Waals surface area contributed by atoms with Crippen LogP contribution >= 0.6 is 0 Å². The molecular weight excluding hydrogens is 498 g/mol. The SMILES string of the molecule is CN(C)c1nc2ccc1CCCn1cc(c3ccccc31)C1=C(C(=O)NC1=O)c1cn(c3ccccc13)CCC2. The Balaban J connectivity index is 1.46. The molecule has 40 heavy (non-hydrogen) atoms. The zero-order chi connectivity index (χ0) is 27.4. The fourth-order valence-electron chi connectivity index (χ4n) is 6.34. The van der Waals surface area contributed by atoms with Crippen LogP contribution < -0.4 is 10.2 Å². The van der Waals surface area contributed by atoms with Crippen LogP contribution in [-0.2, 0) is 35.5 Å². The van der Waals surface area contributed by atoms with Crippen molar-refractivity contribution in [3.05, 3.63) is 95.4 Å². The van der Waals surface area contributed by atoms with Crippen LogP contribution in [0.1, 0.15) is 35.2 Å². The fourth-order valence-corrected chi connectivity index (χ4v) is 6.34. The maximum atomic E-state index is 13.4. The van der Waals surface area contributed by atoms with Crippen molar-refractivity contribution in [1.29, 1.82) is 0 Å². The molecule has 3 aliphatic heterocycles. The van der Waals surface area contributed by atoms with E-state index in [0.717, 1.165) is 83.2 Å². The van der Waals surface area contributed by atoms with E-state index in [-0.39, 0.29) is 11.8 Å². The largest absolute Gasteiger partial charge is 0.363 e. The van der Waals surface area contributed by atoms with Crippen molar-refractivity contribution in [2.45, 2.75) is 38.8 Å². The number of hydrogen-bond acceptors (Lipinski definition) is 4. The fraction of sp³-hybridized carbons (Fsp3) is 0.242. The second-order valence-electron chi connectivity index (χ2n) is 10.9. The quantitative estimate of drug-likeness (QED) is 0.303. The molecule has 2 aromatic carbocycles. The molecule has 0 radical (unpaired) electrons. The van der Waals surface area contributed by atoms with Crippen molar-refractivity contribution in [3.63, 3.8) is 0 Å². The number of fused-ring (bicyclic) bond motifs is 8. The molecule has 6 bridgehead atoms. The van der Waals surface area contributed by atoms with Gasteiger partial charge in [-0.15, -0.1) is 0 Å². The first-order chi connectivity index (χ1) is 19.5. The molecule has 0 unspecified atom stereocenters. The summed E-state index contributed by atoms with van der Waals surface area (Å²) >= 11 is 0. The Bertz CT molecular complexity index is 1860. The zero-order valence-electron chi connectivity index (χ0n) is 22.8. The van der Waals surface area contributed by atoms with Crippen LogP contribution in [0.4, 0.5) is 5.82 Å². The van der Waals surface area contributed by atoms with Gasteiger partial charge in [0.15, 0.2) is 0 Å². The van der Waals surface area contributed by atoms with E-state index in [1.807, 2.05) is 42.6 Å². The second-order valence-corrected chi connectivity index (χ2v) is 10.9. The molecule has 0 aliphatic carbocycles. The third-order valence-electron chi connectivity index (χ3n) is 8.16. The summed E-state index contributed by atoms with van der Waals surface area (Å²) in [4.78, 5) is 33.9. The molecular formula is C33H31N5O2. The molecule has 0 saturated heterocycles. The Morgan fingerprint density at radius 1 is 0.725 bits per heavy atom. The Hall–Kier alpha value is -4.65. The van der Waals surface area contributed by atoms with Gasteiger partial charge in [-0.3, -0.25) is 14.9 Å². The van der Waals surface area contributed by atoms with Gasteiger partial charge in [0.1, 0.15) is 5.82 Å². The average molecular weight is 530 g/mol. The highest BCUT2D eigenvalue weighted by molar-refractivity contribution is 6.50. The minimum Gasteiger partial charge on any atom is -0.363 e. The van der Waals surface area contributed by atoms with Crippen LogP contribution in [0, 0.1) is 0 Å². The third-order valence-corrected chi connectivity index (χ3v) is 8.16. The lowest BCUT2D eigenvalue weighted by atomic mass is 9.95. The first-order valence-electron chi connectivity index (χ1n) is 13.9. The molecule has 3 aliphatic rings. The Morgan fingerprint density at radius 2 is 1.27 bits per heavy atom. The third kappa shape index (κ3) is 3.92. The van der Waals surface area contributed by atoms with Crippen LogP contribution in [0.2, 0.25) is 0 Å². The van der Waals surface area contributed by atoms with E-state index in [1.54, 1.807) is 0 Å². The van der Waals surface area contributed by atoms with E-state index >= 15 is 0 Å². The van der Waals surface area contributed by atoms with Crippen LogP contribution in [0.25, 0.3) is 33.0 Å². The summed E-state index contributed by atoms with van der Waals surface area (Å²) in [5.41, 5.74) is 6.92. The van der Waals surface area contributed by atoms with Gasteiger partial charge >= 0.3 is 0 Å². The van der Waals surface area contributed by atoms with Gasteiger partial charge in [0.05, 0.1) is 11.1 Å². The minimum atomic E-state index is -0.339. The van der Waals surface area contributed by atoms with Gasteiger partial charge in [-0.05, 0) is 49.4 Å². The zero-order valence-corrected chi connectivity index (χ0v) is 22.8. The predicted molar refractivity (Wildman–Crippen MR) is 159 cm³/mol. The molecule has 0 fully saturated rings. The van der Waals surface area contributed by atoms with Gasteiger partial charge in [-0.1, -0.05) is 42.5 Å². The first kappa shape index (κ1) is 24.4. The highest BCUT2D eigenvalue weighted by Crippen LogP contribution is 2.39. The predicted octanol–water partition coefficient (Wildman–Crippen LogP) is 5.20. The van der Waals surface area contributed by atoms with Gasteiger partial charge in [0.2, 0.25) is 0 Å². The number of aryl methyl sites for hydroxylation is 4. The molecule has 3 aromatic heterocycles. The maximum absolute atomic E-state index is 13.4. The number of imide groups is 1. The van der Waals surface area contributed by atoms with E-state index in [0.29, 0.717) is 11.1 Å². The summed E-state index contributed by atoms with van der Waals surface area (Å²) in [5, 5.41) is 4.55. The maximum Gasteiger partial charge on any atom is 0.259 e. The first-order valence-corrected chi connectivity index (χ1v) is 13.9. The Morgan fingerprint density at radius 3 is 1.85 bits per heavy atom. The highest BCUT2D eigenvalue weighted by Gasteiger charge is 2.35. The minimum absolute atomic E-state index is 0.338. The summed E-state index contributed by atoms with van der Waals surface area (Å²) in [6, 6.07) is 20.7. The van der Waals surface area contributed by atoms with Gasteiger partial charge in [-0.2, -0.15) is 0 Å². The lowest BCUT2D eigenvalue weighted by molar-refractivity contribution is -0.122. The van der Waals surface area contributed by atoms with Crippen LogP contribution in [0.5, 0.6) is 0 Å². The van der Waals surface area contributed by atoms with Crippen molar-refractivity contribution in [3.8, 4) is 0 Å². The standard InChI is InChI=1S/C33H31N5O2/c1-36(2)31-21-9-7-17-37-19-25(23-11-3-5-13-27(23)37)29-30(33(40)35-32(29)39)26-20-38(28-14-6-4-12-24(26)28)18-8-10-22(34-31)16-15-21/h3-6,11-16,19-20H,7-10,17-18H2,1-2H3,(H,35,39,40). The molecule has 0 spiro atoms. The van der Waals surface area contributed by atoms with E-state index in [9.17, 15) is 9.59 Å². The molecule has 7 heteroatoms. The van der Waals surface area contributed by atoms with Crippen molar-refractivity contribution in [2.75, 3.05) is 19.0 Å². The topological polar surface area (TPSA) is 72.2 Å². The molecule has 7 nitrogen and oxygen atoms in total. The lowest BCUT2D eigenvalue weighted by Gasteiger charge is -2.18. The van der Waals surface area contributed by atoms with Crippen LogP contribution in [0.15, 0.2) is 73.1 Å². The lowest BCUT2D eigenvalue weighted by Crippen LogP contribution is -2.22. The van der Waals surface area contributed by atoms with E-state index < -0.39 is 0 Å². The summed E-state index contributed by atoms with van der Waals surface area (Å²) < 4.78 is 4.42. The molecule has 0 saturated carbocycles. The number of rotatable bonds is 1. The molecule has 2 amide bonds. The van der Waals surface area contributed by atoms with Crippen molar-refractivity contribution in [2.24, 2.45) is 0 Å². The Kier molecular flexibility index (Phi) is 5.81. The Labute approximate surface area is 232 Å². The monoisotopic (exact) mass is 529 g/mol. The second kappa shape index (κ2) is 9.52. The molecule has 6 heterocycles. The smallest absolute Gasteiger partial charge is 0.259 e. The number of nitrogens with zero attached hydrogens (tertiary/aromatic N) is 4. The number of hydrogen-bond donors (Lipinski definition) is 1. The summed E-state index contributed by atoms with van der Waals surface area (Å²) in [5.74, 6) is 0.353. The molecule has 5 aromatic rings. The van der Waals surface area contributed by atoms with Gasteiger partial charge in [-0.25, -0.2) is 4.98 Å². The number of benzene rings is 2. The van der Waals surface area contributed by atoms with E-state index in [1.165, 1.54) is 5.56 Å². The normalized spacial score (nSPS) is 15.8.